The number of carbonyl (C=O) groups is 1. The van der Waals surface area contributed by atoms with Crippen molar-refractivity contribution in [2.45, 2.75) is 17.7 Å². The van der Waals surface area contributed by atoms with Crippen molar-refractivity contribution in [2.75, 3.05) is 18.2 Å². The van der Waals surface area contributed by atoms with E-state index in [9.17, 15) is 9.90 Å². The van der Waals surface area contributed by atoms with Crippen molar-refractivity contribution in [3.8, 4) is 22.1 Å². The van der Waals surface area contributed by atoms with Gasteiger partial charge in [-0.25, -0.2) is 4.98 Å². The van der Waals surface area contributed by atoms with Crippen molar-refractivity contribution in [1.29, 1.82) is 0 Å². The zero-order valence-corrected chi connectivity index (χ0v) is 18.6. The highest BCUT2D eigenvalue weighted by Gasteiger charge is 2.12. The number of hydrogen-bond acceptors (Lipinski definition) is 6. The molecule has 4 rings (SSSR count). The number of nitrogens with zero attached hydrogens (tertiary/aromatic N) is 1. The third-order valence-corrected chi connectivity index (χ3v) is 6.85. The Hall–Kier alpha value is -3.03. The first-order valence-electron chi connectivity index (χ1n) is 9.88. The number of hydrogen-bond donors (Lipinski definition) is 2. The number of benzene rings is 3. The molecule has 0 saturated heterocycles. The summed E-state index contributed by atoms with van der Waals surface area (Å²) >= 11 is 3.23. The van der Waals surface area contributed by atoms with Gasteiger partial charge in [-0.2, -0.15) is 0 Å². The molecule has 0 unspecified atom stereocenters. The Bertz CT molecular complexity index is 1160. The minimum absolute atomic E-state index is 0.0451. The number of carbonyl (C=O) groups excluding carboxylic acids is 1. The molecule has 1 amide bonds. The van der Waals surface area contributed by atoms with Crippen LogP contribution in [0.4, 0.5) is 5.69 Å². The molecule has 4 aromatic rings. The molecule has 2 N–H and O–H groups in total. The number of phenols is 1. The van der Waals surface area contributed by atoms with E-state index in [4.69, 9.17) is 4.74 Å². The number of thiazole rings is 1. The van der Waals surface area contributed by atoms with E-state index < -0.39 is 0 Å². The molecule has 0 atom stereocenters. The number of aromatic nitrogens is 1. The maximum atomic E-state index is 12.4. The number of aromatic hydroxyl groups is 1. The molecule has 3 aromatic carbocycles. The second kappa shape index (κ2) is 9.85. The summed E-state index contributed by atoms with van der Waals surface area (Å²) in [4.78, 5) is 18.1. The van der Waals surface area contributed by atoms with Gasteiger partial charge >= 0.3 is 0 Å². The van der Waals surface area contributed by atoms with Gasteiger partial charge in [0.05, 0.1) is 22.9 Å². The number of anilines is 1. The lowest BCUT2D eigenvalue weighted by atomic mass is 10.1. The molecule has 31 heavy (non-hydrogen) atoms. The van der Waals surface area contributed by atoms with E-state index in [0.29, 0.717) is 17.7 Å². The number of para-hydroxylation sites is 1. The van der Waals surface area contributed by atoms with Gasteiger partial charge in [-0.15, -0.1) is 23.1 Å². The molecule has 158 valence electrons. The molecule has 0 fully saturated rings. The van der Waals surface area contributed by atoms with Gasteiger partial charge in [-0.05, 0) is 66.8 Å². The fourth-order valence-electron chi connectivity index (χ4n) is 3.09. The average molecular weight is 451 g/mol. The first-order chi connectivity index (χ1) is 15.1. The average Bonchev–Trinajstić information content (AvgIpc) is 3.22. The Balaban J connectivity index is 1.33. The lowest BCUT2D eigenvalue weighted by molar-refractivity contribution is -0.116. The van der Waals surface area contributed by atoms with Crippen LogP contribution in [0.3, 0.4) is 0 Å². The fourth-order valence-corrected chi connectivity index (χ4v) is 4.93. The van der Waals surface area contributed by atoms with Gasteiger partial charge in [-0.1, -0.05) is 12.1 Å². The smallest absolute Gasteiger partial charge is 0.224 e. The van der Waals surface area contributed by atoms with Crippen molar-refractivity contribution in [3.05, 3.63) is 66.7 Å². The molecule has 5 nitrogen and oxygen atoms in total. The van der Waals surface area contributed by atoms with Crippen LogP contribution in [0.2, 0.25) is 0 Å². The minimum atomic E-state index is -0.0451. The van der Waals surface area contributed by atoms with Gasteiger partial charge in [0.25, 0.3) is 0 Å². The SMILES string of the molecule is COc1ccc(SCCCC(=O)Nc2ccc(O)c(-c3nc4ccccc4s3)c2)cc1. The van der Waals surface area contributed by atoms with Crippen LogP contribution in [-0.4, -0.2) is 28.9 Å². The number of rotatable bonds is 8. The minimum Gasteiger partial charge on any atom is -0.507 e. The molecule has 0 saturated carbocycles. The van der Waals surface area contributed by atoms with E-state index in [1.807, 2.05) is 48.5 Å². The van der Waals surface area contributed by atoms with Crippen LogP contribution in [0, 0.1) is 0 Å². The quantitative estimate of drug-likeness (QED) is 0.190. The summed E-state index contributed by atoms with van der Waals surface area (Å²) in [5.41, 5.74) is 2.17. The summed E-state index contributed by atoms with van der Waals surface area (Å²) in [5.74, 6) is 1.79. The summed E-state index contributed by atoms with van der Waals surface area (Å²) in [6, 6.07) is 20.8. The lowest BCUT2D eigenvalue weighted by Crippen LogP contribution is -2.11. The van der Waals surface area contributed by atoms with E-state index in [0.717, 1.165) is 38.0 Å². The highest BCUT2D eigenvalue weighted by Crippen LogP contribution is 2.36. The molecule has 1 heterocycles. The van der Waals surface area contributed by atoms with E-state index in [1.54, 1.807) is 37.1 Å². The third-order valence-electron chi connectivity index (χ3n) is 4.68. The Kier molecular flexibility index (Phi) is 6.74. The molecule has 1 aromatic heterocycles. The molecule has 7 heteroatoms. The number of phenolic OH excluding ortho intramolecular Hbond substituents is 1. The maximum Gasteiger partial charge on any atom is 0.224 e. The second-order valence-electron chi connectivity index (χ2n) is 6.89. The highest BCUT2D eigenvalue weighted by molar-refractivity contribution is 7.99. The van der Waals surface area contributed by atoms with Crippen LogP contribution < -0.4 is 10.1 Å². The molecular formula is C24H22N2O3S2. The fraction of sp³-hybridized carbons (Fsp3) is 0.167. The first kappa shape index (κ1) is 21.2. The van der Waals surface area contributed by atoms with Gasteiger partial charge < -0.3 is 15.2 Å². The van der Waals surface area contributed by atoms with Crippen molar-refractivity contribution >= 4 is 44.9 Å². The zero-order valence-electron chi connectivity index (χ0n) is 17.0. The summed E-state index contributed by atoms with van der Waals surface area (Å²) in [6.45, 7) is 0. The highest BCUT2D eigenvalue weighted by atomic mass is 32.2. The van der Waals surface area contributed by atoms with Gasteiger partial charge in [0.2, 0.25) is 5.91 Å². The number of amides is 1. The number of nitrogens with one attached hydrogen (secondary N) is 1. The molecule has 0 aliphatic carbocycles. The van der Waals surface area contributed by atoms with Crippen LogP contribution >= 0.6 is 23.1 Å². The number of methoxy groups -OCH3 is 1. The molecule has 0 spiro atoms. The third kappa shape index (κ3) is 5.37. The molecule has 0 aliphatic rings. The van der Waals surface area contributed by atoms with Gasteiger partial charge in [0, 0.05) is 17.0 Å². The largest absolute Gasteiger partial charge is 0.507 e. The predicted molar refractivity (Wildman–Crippen MR) is 128 cm³/mol. The summed E-state index contributed by atoms with van der Waals surface area (Å²) < 4.78 is 6.22. The zero-order chi connectivity index (χ0) is 21.6. The summed E-state index contributed by atoms with van der Waals surface area (Å²) in [6.07, 6.45) is 1.20. The normalized spacial score (nSPS) is 10.9. The molecule has 0 radical (unpaired) electrons. The van der Waals surface area contributed by atoms with Crippen LogP contribution in [-0.2, 0) is 4.79 Å². The van der Waals surface area contributed by atoms with Gasteiger partial charge in [-0.3, -0.25) is 4.79 Å². The predicted octanol–water partition coefficient (Wildman–Crippen LogP) is 6.19. The monoisotopic (exact) mass is 450 g/mol. The second-order valence-corrected chi connectivity index (χ2v) is 9.09. The van der Waals surface area contributed by atoms with Gasteiger partial charge in [0.15, 0.2) is 0 Å². The Labute approximate surface area is 189 Å². The molecule has 0 aliphatic heterocycles. The van der Waals surface area contributed by atoms with Crippen LogP contribution in [0.1, 0.15) is 12.8 Å². The standard InChI is InChI=1S/C24H22N2O3S2/c1-29-17-9-11-18(12-10-17)30-14-4-7-23(28)25-16-8-13-21(27)19(15-16)24-26-20-5-2-3-6-22(20)31-24/h2-3,5-6,8-13,15,27H,4,7,14H2,1H3,(H,25,28). The van der Waals surface area contributed by atoms with E-state index in [2.05, 4.69) is 10.3 Å². The van der Waals surface area contributed by atoms with Crippen LogP contribution in [0.25, 0.3) is 20.8 Å². The Morgan fingerprint density at radius 3 is 2.71 bits per heavy atom. The Morgan fingerprint density at radius 1 is 1.13 bits per heavy atom. The molecule has 0 bridgehead atoms. The topological polar surface area (TPSA) is 71.5 Å². The number of fused-ring (bicyclic) bond motifs is 1. The van der Waals surface area contributed by atoms with E-state index in [1.165, 1.54) is 11.3 Å². The molecular weight excluding hydrogens is 428 g/mol. The Morgan fingerprint density at radius 2 is 1.94 bits per heavy atom. The van der Waals surface area contributed by atoms with Crippen LogP contribution in [0.15, 0.2) is 71.6 Å². The van der Waals surface area contributed by atoms with Crippen molar-refractivity contribution in [1.82, 2.24) is 4.98 Å². The summed E-state index contributed by atoms with van der Waals surface area (Å²) in [7, 11) is 1.65. The van der Waals surface area contributed by atoms with E-state index >= 15 is 0 Å². The number of ether oxygens (including phenoxy) is 1. The lowest BCUT2D eigenvalue weighted by Gasteiger charge is -2.08. The van der Waals surface area contributed by atoms with Crippen molar-refractivity contribution in [2.24, 2.45) is 0 Å². The van der Waals surface area contributed by atoms with Crippen LogP contribution in [0.5, 0.6) is 11.5 Å². The van der Waals surface area contributed by atoms with Crippen molar-refractivity contribution in [3.63, 3.8) is 0 Å². The first-order valence-corrected chi connectivity index (χ1v) is 11.7. The summed E-state index contributed by atoms with van der Waals surface area (Å²) in [5, 5.41) is 14.0. The maximum absolute atomic E-state index is 12.4. The van der Waals surface area contributed by atoms with E-state index in [-0.39, 0.29) is 11.7 Å². The number of thioether (sulfide) groups is 1. The van der Waals surface area contributed by atoms with Crippen molar-refractivity contribution < 1.29 is 14.6 Å². The van der Waals surface area contributed by atoms with Gasteiger partial charge in [0.1, 0.15) is 16.5 Å².